The molecular formula is C20H19ClN2O3S2. The first-order valence-electron chi connectivity index (χ1n) is 8.55. The number of anilines is 1. The van der Waals surface area contributed by atoms with Gasteiger partial charge in [-0.3, -0.25) is 9.52 Å². The normalized spacial score (nSPS) is 11.2. The minimum Gasteiger partial charge on any atom is -0.351 e. The van der Waals surface area contributed by atoms with E-state index >= 15 is 0 Å². The molecule has 1 amide bonds. The van der Waals surface area contributed by atoms with E-state index in [2.05, 4.69) is 10.0 Å². The Morgan fingerprint density at radius 2 is 1.86 bits per heavy atom. The van der Waals surface area contributed by atoms with Crippen molar-refractivity contribution in [3.8, 4) is 0 Å². The number of carbonyl (C=O) groups is 1. The summed E-state index contributed by atoms with van der Waals surface area (Å²) in [5, 5.41) is 5.00. The van der Waals surface area contributed by atoms with Gasteiger partial charge in [0.1, 0.15) is 9.77 Å². The Morgan fingerprint density at radius 1 is 1.11 bits per heavy atom. The largest absolute Gasteiger partial charge is 0.351 e. The van der Waals surface area contributed by atoms with Gasteiger partial charge in [0.25, 0.3) is 15.9 Å². The lowest BCUT2D eigenvalue weighted by Gasteiger charge is -2.10. The van der Waals surface area contributed by atoms with Crippen LogP contribution in [0, 0.1) is 6.92 Å². The van der Waals surface area contributed by atoms with Crippen LogP contribution in [0.2, 0.25) is 5.02 Å². The highest BCUT2D eigenvalue weighted by molar-refractivity contribution is 7.93. The molecule has 0 aliphatic carbocycles. The molecule has 0 aliphatic rings. The SMILES string of the molecule is Cc1ccc(NS(=O)(=O)c2ccsc2C(=O)NCCc2cccc(Cl)c2)cc1. The molecule has 0 unspecified atom stereocenters. The molecule has 0 bridgehead atoms. The van der Waals surface area contributed by atoms with E-state index < -0.39 is 15.9 Å². The van der Waals surface area contributed by atoms with Gasteiger partial charge in [0, 0.05) is 17.3 Å². The highest BCUT2D eigenvalue weighted by Crippen LogP contribution is 2.24. The second kappa shape index (κ2) is 8.77. The minimum absolute atomic E-state index is 0.0293. The van der Waals surface area contributed by atoms with Crippen molar-refractivity contribution in [3.05, 3.63) is 81.0 Å². The van der Waals surface area contributed by atoms with Crippen LogP contribution in [0.4, 0.5) is 5.69 Å². The fourth-order valence-electron chi connectivity index (χ4n) is 2.60. The average molecular weight is 435 g/mol. The molecule has 0 fully saturated rings. The third kappa shape index (κ3) is 5.13. The van der Waals surface area contributed by atoms with Crippen LogP contribution < -0.4 is 10.0 Å². The molecule has 0 saturated heterocycles. The first kappa shape index (κ1) is 20.4. The molecule has 3 aromatic rings. The number of benzene rings is 2. The monoisotopic (exact) mass is 434 g/mol. The predicted octanol–water partition coefficient (Wildman–Crippen LogP) is 4.48. The van der Waals surface area contributed by atoms with Gasteiger partial charge < -0.3 is 5.32 Å². The molecule has 146 valence electrons. The fraction of sp³-hybridized carbons (Fsp3) is 0.150. The summed E-state index contributed by atoms with van der Waals surface area (Å²) in [5.74, 6) is -0.415. The summed E-state index contributed by atoms with van der Waals surface area (Å²) in [4.78, 5) is 12.6. The Morgan fingerprint density at radius 3 is 2.57 bits per heavy atom. The maximum absolute atomic E-state index is 12.7. The number of hydrogen-bond acceptors (Lipinski definition) is 4. The highest BCUT2D eigenvalue weighted by atomic mass is 35.5. The Kier molecular flexibility index (Phi) is 6.39. The van der Waals surface area contributed by atoms with E-state index in [1.807, 2.05) is 37.3 Å². The topological polar surface area (TPSA) is 75.3 Å². The molecule has 0 atom stereocenters. The van der Waals surface area contributed by atoms with Gasteiger partial charge in [-0.1, -0.05) is 41.4 Å². The minimum atomic E-state index is -3.86. The van der Waals surface area contributed by atoms with E-state index in [4.69, 9.17) is 11.6 Å². The second-order valence-corrected chi connectivity index (χ2v) is 9.22. The molecule has 2 aromatic carbocycles. The van der Waals surface area contributed by atoms with Gasteiger partial charge in [-0.15, -0.1) is 11.3 Å². The van der Waals surface area contributed by atoms with Gasteiger partial charge in [0.15, 0.2) is 0 Å². The van der Waals surface area contributed by atoms with Gasteiger partial charge in [-0.2, -0.15) is 0 Å². The second-order valence-electron chi connectivity index (χ2n) is 6.22. The highest BCUT2D eigenvalue weighted by Gasteiger charge is 2.24. The number of nitrogens with one attached hydrogen (secondary N) is 2. The summed E-state index contributed by atoms with van der Waals surface area (Å²) in [5.41, 5.74) is 2.47. The lowest BCUT2D eigenvalue weighted by atomic mass is 10.1. The first-order valence-corrected chi connectivity index (χ1v) is 11.3. The van der Waals surface area contributed by atoms with E-state index in [9.17, 15) is 13.2 Å². The van der Waals surface area contributed by atoms with Crippen LogP contribution in [-0.4, -0.2) is 20.9 Å². The number of aryl methyl sites for hydroxylation is 1. The molecule has 5 nitrogen and oxygen atoms in total. The van der Waals surface area contributed by atoms with E-state index in [0.717, 1.165) is 22.5 Å². The zero-order valence-corrected chi connectivity index (χ0v) is 17.5. The molecule has 1 heterocycles. The van der Waals surface area contributed by atoms with Gasteiger partial charge in [-0.25, -0.2) is 8.42 Å². The number of thiophene rings is 1. The Balaban J connectivity index is 1.68. The first-order chi connectivity index (χ1) is 13.3. The lowest BCUT2D eigenvalue weighted by molar-refractivity contribution is 0.0955. The summed E-state index contributed by atoms with van der Waals surface area (Å²) in [7, 11) is -3.86. The van der Waals surface area contributed by atoms with Crippen LogP contribution >= 0.6 is 22.9 Å². The van der Waals surface area contributed by atoms with Crippen LogP contribution in [0.15, 0.2) is 64.9 Å². The zero-order chi connectivity index (χ0) is 20.1. The Labute approximate surface area is 173 Å². The molecule has 0 radical (unpaired) electrons. The molecule has 1 aromatic heterocycles. The van der Waals surface area contributed by atoms with Crippen molar-refractivity contribution < 1.29 is 13.2 Å². The van der Waals surface area contributed by atoms with E-state index in [1.54, 1.807) is 23.6 Å². The van der Waals surface area contributed by atoms with E-state index in [-0.39, 0.29) is 9.77 Å². The smallest absolute Gasteiger partial charge is 0.263 e. The summed E-state index contributed by atoms with van der Waals surface area (Å²) < 4.78 is 27.9. The van der Waals surface area contributed by atoms with Crippen molar-refractivity contribution in [2.24, 2.45) is 0 Å². The van der Waals surface area contributed by atoms with E-state index in [1.165, 1.54) is 6.07 Å². The fourth-order valence-corrected chi connectivity index (χ4v) is 5.22. The maximum Gasteiger partial charge on any atom is 0.263 e. The molecule has 8 heteroatoms. The van der Waals surface area contributed by atoms with Crippen molar-refractivity contribution in [1.82, 2.24) is 5.32 Å². The summed E-state index contributed by atoms with van der Waals surface area (Å²) in [6.45, 7) is 2.30. The third-order valence-electron chi connectivity index (χ3n) is 4.02. The van der Waals surface area contributed by atoms with Gasteiger partial charge >= 0.3 is 0 Å². The number of carbonyl (C=O) groups excluding carboxylic acids is 1. The van der Waals surface area contributed by atoms with E-state index in [0.29, 0.717) is 23.7 Å². The Bertz CT molecular complexity index is 1080. The number of amides is 1. The number of rotatable bonds is 7. The standard InChI is InChI=1S/C20H19ClN2O3S2/c1-14-5-7-17(8-6-14)23-28(25,26)18-10-12-27-19(18)20(24)22-11-9-15-3-2-4-16(21)13-15/h2-8,10,12-13,23H,9,11H2,1H3,(H,22,24). The molecule has 0 spiro atoms. The van der Waals surface area contributed by atoms with Crippen LogP contribution in [0.1, 0.15) is 20.8 Å². The molecular weight excluding hydrogens is 416 g/mol. The molecule has 3 rings (SSSR count). The third-order valence-corrected chi connectivity index (χ3v) is 6.72. The van der Waals surface area contributed by atoms with Crippen molar-refractivity contribution in [2.75, 3.05) is 11.3 Å². The lowest BCUT2D eigenvalue weighted by Crippen LogP contribution is -2.27. The van der Waals surface area contributed by atoms with Gasteiger partial charge in [0.05, 0.1) is 0 Å². The van der Waals surface area contributed by atoms with Crippen molar-refractivity contribution in [1.29, 1.82) is 0 Å². The van der Waals surface area contributed by atoms with Crippen LogP contribution in [0.3, 0.4) is 0 Å². The average Bonchev–Trinajstić information content (AvgIpc) is 3.14. The number of halogens is 1. The van der Waals surface area contributed by atoms with Gasteiger partial charge in [0.2, 0.25) is 0 Å². The quantitative estimate of drug-likeness (QED) is 0.575. The molecule has 0 aliphatic heterocycles. The van der Waals surface area contributed by atoms with Gasteiger partial charge in [-0.05, 0) is 54.6 Å². The zero-order valence-electron chi connectivity index (χ0n) is 15.1. The number of hydrogen-bond donors (Lipinski definition) is 2. The van der Waals surface area contributed by atoms with Crippen LogP contribution in [0.25, 0.3) is 0 Å². The molecule has 0 saturated carbocycles. The van der Waals surface area contributed by atoms with Crippen molar-refractivity contribution in [2.45, 2.75) is 18.2 Å². The van der Waals surface area contributed by atoms with Crippen molar-refractivity contribution >= 4 is 44.6 Å². The Hall–Kier alpha value is -2.35. The summed E-state index contributed by atoms with van der Waals surface area (Å²) >= 11 is 7.05. The van der Waals surface area contributed by atoms with Crippen LogP contribution in [-0.2, 0) is 16.4 Å². The van der Waals surface area contributed by atoms with Crippen LogP contribution in [0.5, 0.6) is 0 Å². The maximum atomic E-state index is 12.7. The summed E-state index contributed by atoms with van der Waals surface area (Å²) in [6.07, 6.45) is 0.599. The number of sulfonamides is 1. The summed E-state index contributed by atoms with van der Waals surface area (Å²) in [6, 6.07) is 15.8. The molecule has 2 N–H and O–H groups in total. The van der Waals surface area contributed by atoms with Crippen molar-refractivity contribution in [3.63, 3.8) is 0 Å². The predicted molar refractivity (Wildman–Crippen MR) is 114 cm³/mol. The molecule has 28 heavy (non-hydrogen) atoms.